The van der Waals surface area contributed by atoms with Crippen LogP contribution in [0.5, 0.6) is 5.75 Å². The van der Waals surface area contributed by atoms with Crippen LogP contribution in [0.15, 0.2) is 60.8 Å². The molecule has 0 aliphatic rings. The molecule has 0 saturated carbocycles. The molecule has 3 aromatic rings. The van der Waals surface area contributed by atoms with Crippen molar-refractivity contribution in [3.8, 4) is 11.4 Å². The first kappa shape index (κ1) is 20.6. The van der Waals surface area contributed by atoms with E-state index < -0.39 is 5.91 Å². The van der Waals surface area contributed by atoms with Gasteiger partial charge in [-0.2, -0.15) is 5.10 Å². The number of nitrogens with zero attached hydrogens (tertiary/aromatic N) is 3. The van der Waals surface area contributed by atoms with E-state index in [-0.39, 0.29) is 24.1 Å². The number of aromatic nitrogens is 2. The molecule has 0 fully saturated rings. The van der Waals surface area contributed by atoms with E-state index in [9.17, 15) is 15.0 Å². The molecular formula is C23H27N3O3. The zero-order chi connectivity index (χ0) is 21.0. The molecular weight excluding hydrogens is 366 g/mol. The van der Waals surface area contributed by atoms with Gasteiger partial charge in [0.1, 0.15) is 0 Å². The van der Waals surface area contributed by atoms with E-state index in [4.69, 9.17) is 0 Å². The lowest BCUT2D eigenvalue weighted by Crippen LogP contribution is -2.32. The molecule has 152 valence electrons. The lowest BCUT2D eigenvalue weighted by atomic mass is 10.0. The lowest BCUT2D eigenvalue weighted by molar-refractivity contribution is 0.0695. The highest BCUT2D eigenvalue weighted by Gasteiger charge is 2.27. The monoisotopic (exact) mass is 393 g/mol. The zero-order valence-electron chi connectivity index (χ0n) is 17.0. The molecule has 0 aliphatic carbocycles. The van der Waals surface area contributed by atoms with E-state index in [2.05, 4.69) is 18.9 Å². The lowest BCUT2D eigenvalue weighted by Gasteiger charge is -2.27. The van der Waals surface area contributed by atoms with Gasteiger partial charge in [-0.25, -0.2) is 4.68 Å². The maximum atomic E-state index is 13.1. The largest absolute Gasteiger partial charge is 0.504 e. The van der Waals surface area contributed by atoms with Crippen LogP contribution < -0.4 is 0 Å². The third kappa shape index (κ3) is 4.49. The van der Waals surface area contributed by atoms with Crippen molar-refractivity contribution in [2.75, 3.05) is 13.7 Å². The number of aliphatic hydroxyl groups is 1. The van der Waals surface area contributed by atoms with Gasteiger partial charge in [0.15, 0.2) is 11.4 Å². The first-order valence-electron chi connectivity index (χ1n) is 9.74. The number of aliphatic hydroxyl groups excluding tert-OH is 1. The summed E-state index contributed by atoms with van der Waals surface area (Å²) in [5, 5.41) is 24.1. The number of aromatic hydroxyl groups is 1. The van der Waals surface area contributed by atoms with Crippen molar-refractivity contribution in [3.63, 3.8) is 0 Å². The summed E-state index contributed by atoms with van der Waals surface area (Å²) in [5.74, 6) is -0.157. The highest BCUT2D eigenvalue weighted by atomic mass is 16.3. The van der Waals surface area contributed by atoms with E-state index in [1.54, 1.807) is 7.05 Å². The highest BCUT2D eigenvalue weighted by Crippen LogP contribution is 2.27. The first-order chi connectivity index (χ1) is 13.9. The molecule has 6 nitrogen and oxygen atoms in total. The fraction of sp³-hybridized carbons (Fsp3) is 0.304. The van der Waals surface area contributed by atoms with Gasteiger partial charge in [-0.1, -0.05) is 56.3 Å². The van der Waals surface area contributed by atoms with E-state index in [1.807, 2.05) is 54.6 Å². The molecule has 29 heavy (non-hydrogen) atoms. The van der Waals surface area contributed by atoms with Crippen LogP contribution in [-0.4, -0.2) is 44.5 Å². The second kappa shape index (κ2) is 8.92. The van der Waals surface area contributed by atoms with Crippen LogP contribution in [0.25, 0.3) is 5.69 Å². The van der Waals surface area contributed by atoms with E-state index in [0.717, 1.165) is 11.3 Å². The first-order valence-corrected chi connectivity index (χ1v) is 9.74. The predicted molar refractivity (Wildman–Crippen MR) is 112 cm³/mol. The molecule has 0 unspecified atom stereocenters. The number of hydrogen-bond donors (Lipinski definition) is 2. The predicted octanol–water partition coefficient (Wildman–Crippen LogP) is 3.90. The van der Waals surface area contributed by atoms with Crippen molar-refractivity contribution in [2.45, 2.75) is 32.2 Å². The van der Waals surface area contributed by atoms with Crippen molar-refractivity contribution >= 4 is 5.91 Å². The van der Waals surface area contributed by atoms with Gasteiger partial charge in [0, 0.05) is 13.7 Å². The molecule has 0 bridgehead atoms. The maximum Gasteiger partial charge on any atom is 0.278 e. The molecule has 1 amide bonds. The van der Waals surface area contributed by atoms with Crippen LogP contribution in [0.3, 0.4) is 0 Å². The van der Waals surface area contributed by atoms with Crippen molar-refractivity contribution in [3.05, 3.63) is 77.6 Å². The molecule has 6 heteroatoms. The van der Waals surface area contributed by atoms with Gasteiger partial charge < -0.3 is 15.1 Å². The highest BCUT2D eigenvalue weighted by molar-refractivity contribution is 5.95. The van der Waals surface area contributed by atoms with Crippen LogP contribution in [0.4, 0.5) is 0 Å². The van der Waals surface area contributed by atoms with Gasteiger partial charge >= 0.3 is 0 Å². The number of amides is 1. The Labute approximate surface area is 171 Å². The normalized spacial score (nSPS) is 12.2. The van der Waals surface area contributed by atoms with Gasteiger partial charge in [-0.05, 0) is 35.6 Å². The molecule has 0 radical (unpaired) electrons. The van der Waals surface area contributed by atoms with E-state index in [0.29, 0.717) is 12.3 Å². The molecule has 1 atom stereocenters. The molecule has 0 spiro atoms. The smallest absolute Gasteiger partial charge is 0.278 e. The Kier molecular flexibility index (Phi) is 6.34. The number of rotatable bonds is 7. The molecule has 1 heterocycles. The van der Waals surface area contributed by atoms with E-state index >= 15 is 0 Å². The van der Waals surface area contributed by atoms with Crippen LogP contribution in [0, 0.1) is 0 Å². The zero-order valence-corrected chi connectivity index (χ0v) is 17.0. The Morgan fingerprint density at radius 3 is 2.31 bits per heavy atom. The Morgan fingerprint density at radius 1 is 1.07 bits per heavy atom. The van der Waals surface area contributed by atoms with Gasteiger partial charge in [-0.3, -0.25) is 4.79 Å². The summed E-state index contributed by atoms with van der Waals surface area (Å²) in [4.78, 5) is 14.6. The molecule has 2 N–H and O–H groups in total. The summed E-state index contributed by atoms with van der Waals surface area (Å²) >= 11 is 0. The number of hydrogen-bond acceptors (Lipinski definition) is 4. The fourth-order valence-electron chi connectivity index (χ4n) is 3.35. The van der Waals surface area contributed by atoms with Crippen molar-refractivity contribution < 1.29 is 15.0 Å². The Morgan fingerprint density at radius 2 is 1.72 bits per heavy atom. The average Bonchev–Trinajstić information content (AvgIpc) is 3.13. The molecule has 2 aromatic carbocycles. The van der Waals surface area contributed by atoms with Gasteiger partial charge in [0.25, 0.3) is 5.91 Å². The Balaban J connectivity index is 1.87. The SMILES string of the molecule is CC(C)c1ccc(-n2cc(O)c(C(=O)N(C)[C@@H](CCO)c3ccccc3)n2)cc1. The minimum Gasteiger partial charge on any atom is -0.504 e. The topological polar surface area (TPSA) is 78.6 Å². The maximum absolute atomic E-state index is 13.1. The third-order valence-electron chi connectivity index (χ3n) is 5.10. The quantitative estimate of drug-likeness (QED) is 0.638. The fourth-order valence-corrected chi connectivity index (χ4v) is 3.35. The minimum absolute atomic E-state index is 0.0145. The van der Waals surface area contributed by atoms with Crippen LogP contribution >= 0.6 is 0 Å². The molecule has 1 aromatic heterocycles. The number of carbonyl (C=O) groups excluding carboxylic acids is 1. The minimum atomic E-state index is -0.401. The Bertz CT molecular complexity index is 949. The van der Waals surface area contributed by atoms with Crippen molar-refractivity contribution in [1.29, 1.82) is 0 Å². The van der Waals surface area contributed by atoms with Gasteiger partial charge in [0.2, 0.25) is 0 Å². The van der Waals surface area contributed by atoms with Gasteiger partial charge in [-0.15, -0.1) is 0 Å². The van der Waals surface area contributed by atoms with Crippen molar-refractivity contribution in [1.82, 2.24) is 14.7 Å². The summed E-state index contributed by atoms with van der Waals surface area (Å²) in [6.45, 7) is 4.19. The number of carbonyl (C=O) groups is 1. The van der Waals surface area contributed by atoms with Crippen LogP contribution in [0.2, 0.25) is 0 Å². The second-order valence-electron chi connectivity index (χ2n) is 7.41. The summed E-state index contributed by atoms with van der Waals surface area (Å²) in [5.41, 5.74) is 2.87. The van der Waals surface area contributed by atoms with Crippen molar-refractivity contribution in [2.24, 2.45) is 0 Å². The molecule has 0 saturated heterocycles. The number of benzene rings is 2. The van der Waals surface area contributed by atoms with Crippen LogP contribution in [0.1, 0.15) is 53.8 Å². The third-order valence-corrected chi connectivity index (χ3v) is 5.10. The Hall–Kier alpha value is -3.12. The standard InChI is InChI=1S/C23H27N3O3/c1-16(2)17-9-11-19(12-10-17)26-15-21(28)22(24-26)23(29)25(3)20(13-14-27)18-7-5-4-6-8-18/h4-12,15-16,20,27-28H,13-14H2,1-3H3/t20-/m0/s1. The van der Waals surface area contributed by atoms with Gasteiger partial charge in [0.05, 0.1) is 17.9 Å². The average molecular weight is 393 g/mol. The molecule has 3 rings (SSSR count). The summed E-state index contributed by atoms with van der Waals surface area (Å²) in [7, 11) is 1.66. The second-order valence-corrected chi connectivity index (χ2v) is 7.41. The van der Waals surface area contributed by atoms with E-state index in [1.165, 1.54) is 21.3 Å². The summed E-state index contributed by atoms with van der Waals surface area (Å²) in [6.07, 6.45) is 1.83. The summed E-state index contributed by atoms with van der Waals surface area (Å²) in [6, 6.07) is 17.1. The van der Waals surface area contributed by atoms with Crippen LogP contribution in [-0.2, 0) is 0 Å². The molecule has 0 aliphatic heterocycles. The summed E-state index contributed by atoms with van der Waals surface area (Å²) < 4.78 is 1.50.